The molecule has 13 heavy (non-hydrogen) atoms. The molecule has 5 heteroatoms. The summed E-state index contributed by atoms with van der Waals surface area (Å²) in [5.74, 6) is 0.700. The Bertz CT molecular complexity index is 391. The Balaban J connectivity index is 2.18. The van der Waals surface area contributed by atoms with E-state index >= 15 is 0 Å². The molecule has 2 aliphatic rings. The van der Waals surface area contributed by atoms with Crippen LogP contribution in [0.15, 0.2) is 17.2 Å². The van der Waals surface area contributed by atoms with Gasteiger partial charge in [-0.05, 0) is 24.1 Å². The Labute approximate surface area is 79.5 Å². The van der Waals surface area contributed by atoms with Crippen molar-refractivity contribution in [2.24, 2.45) is 0 Å². The highest BCUT2D eigenvalue weighted by Gasteiger charge is 2.17. The first-order chi connectivity index (χ1) is 6.43. The van der Waals surface area contributed by atoms with Gasteiger partial charge in [0.2, 0.25) is 5.88 Å². The summed E-state index contributed by atoms with van der Waals surface area (Å²) >= 11 is 1.56. The maximum atomic E-state index is 5.28. The second kappa shape index (κ2) is 2.56. The predicted molar refractivity (Wildman–Crippen MR) is 51.4 cm³/mol. The molecule has 1 aromatic heterocycles. The second-order valence-electron chi connectivity index (χ2n) is 2.74. The third-order valence-corrected chi connectivity index (χ3v) is 2.73. The van der Waals surface area contributed by atoms with Crippen LogP contribution in [0.3, 0.4) is 0 Å². The molecule has 0 amide bonds. The smallest absolute Gasteiger partial charge is 0.239 e. The van der Waals surface area contributed by atoms with E-state index in [0.29, 0.717) is 12.6 Å². The van der Waals surface area contributed by atoms with Crippen LogP contribution in [0.1, 0.15) is 5.69 Å². The van der Waals surface area contributed by atoms with Crippen LogP contribution >= 0.6 is 11.9 Å². The number of pyridine rings is 1. The lowest BCUT2D eigenvalue weighted by Gasteiger charge is -2.10. The highest BCUT2D eigenvalue weighted by Crippen LogP contribution is 2.34. The first kappa shape index (κ1) is 7.08. The van der Waals surface area contributed by atoms with Gasteiger partial charge in [-0.15, -0.1) is 0 Å². The topological polar surface area (TPSA) is 46.2 Å². The van der Waals surface area contributed by atoms with E-state index in [1.54, 1.807) is 11.9 Å². The molecular weight excluding hydrogens is 186 g/mol. The van der Waals surface area contributed by atoms with Crippen LogP contribution in [0, 0.1) is 0 Å². The van der Waals surface area contributed by atoms with Crippen molar-refractivity contribution in [2.45, 2.75) is 4.90 Å². The second-order valence-corrected chi connectivity index (χ2v) is 3.62. The highest BCUT2D eigenvalue weighted by molar-refractivity contribution is 7.97. The molecule has 0 atom stereocenters. The van der Waals surface area contributed by atoms with Gasteiger partial charge in [-0.2, -0.15) is 0 Å². The van der Waals surface area contributed by atoms with Crippen LogP contribution in [-0.4, -0.2) is 11.7 Å². The number of anilines is 1. The fourth-order valence-corrected chi connectivity index (χ4v) is 1.98. The van der Waals surface area contributed by atoms with Gasteiger partial charge in [0.25, 0.3) is 0 Å². The molecule has 0 aliphatic carbocycles. The summed E-state index contributed by atoms with van der Waals surface area (Å²) in [7, 11) is 0. The van der Waals surface area contributed by atoms with Gasteiger partial charge < -0.3 is 14.8 Å². The van der Waals surface area contributed by atoms with Crippen molar-refractivity contribution in [2.75, 3.05) is 12.0 Å². The number of fused-ring (bicyclic) bond motifs is 2. The molecule has 0 fully saturated rings. The molecule has 1 aromatic rings. The van der Waals surface area contributed by atoms with Crippen molar-refractivity contribution in [1.82, 2.24) is 9.71 Å². The number of nitrogens with zero attached hydrogens (tertiary/aromatic N) is 1. The van der Waals surface area contributed by atoms with Gasteiger partial charge in [-0.25, -0.2) is 4.98 Å². The maximum absolute atomic E-state index is 5.28. The Hall–Kier alpha value is -1.36. The molecular formula is C8H7N3OS. The summed E-state index contributed by atoms with van der Waals surface area (Å²) in [5, 5.41) is 3.10. The van der Waals surface area contributed by atoms with E-state index in [4.69, 9.17) is 4.74 Å². The molecule has 0 saturated carbocycles. The van der Waals surface area contributed by atoms with E-state index in [1.807, 2.05) is 18.3 Å². The van der Waals surface area contributed by atoms with Gasteiger partial charge in [0, 0.05) is 6.20 Å². The van der Waals surface area contributed by atoms with Crippen LogP contribution in [0.4, 0.5) is 5.69 Å². The summed E-state index contributed by atoms with van der Waals surface area (Å²) in [6.07, 6.45) is 3.81. The van der Waals surface area contributed by atoms with Crippen LogP contribution < -0.4 is 14.8 Å². The minimum atomic E-state index is 0.521. The quantitative estimate of drug-likeness (QED) is 0.610. The minimum Gasteiger partial charge on any atom is -0.455 e. The van der Waals surface area contributed by atoms with Crippen molar-refractivity contribution in [1.29, 1.82) is 0 Å². The lowest BCUT2D eigenvalue weighted by Crippen LogP contribution is -2.00. The average molecular weight is 193 g/mol. The maximum Gasteiger partial charge on any atom is 0.239 e. The van der Waals surface area contributed by atoms with E-state index < -0.39 is 0 Å². The number of rotatable bonds is 0. The molecule has 0 radical (unpaired) electrons. The minimum absolute atomic E-state index is 0.521. The monoisotopic (exact) mass is 193 g/mol. The summed E-state index contributed by atoms with van der Waals surface area (Å²) in [6, 6.07) is 2.05. The first-order valence-corrected chi connectivity index (χ1v) is 4.76. The van der Waals surface area contributed by atoms with E-state index in [1.165, 1.54) is 0 Å². The van der Waals surface area contributed by atoms with Crippen molar-refractivity contribution in [3.63, 3.8) is 0 Å². The van der Waals surface area contributed by atoms with Crippen LogP contribution in [-0.2, 0) is 0 Å². The first-order valence-electron chi connectivity index (χ1n) is 3.94. The number of hydrogen-bond acceptors (Lipinski definition) is 5. The van der Waals surface area contributed by atoms with Crippen molar-refractivity contribution >= 4 is 23.7 Å². The molecule has 66 valence electrons. The molecule has 0 saturated heterocycles. The molecule has 2 aliphatic heterocycles. The van der Waals surface area contributed by atoms with E-state index in [-0.39, 0.29) is 0 Å². The molecule has 0 unspecified atom stereocenters. The highest BCUT2D eigenvalue weighted by atomic mass is 32.2. The molecule has 4 nitrogen and oxygen atoms in total. The molecule has 3 rings (SSSR count). The third-order valence-electron chi connectivity index (χ3n) is 1.93. The van der Waals surface area contributed by atoms with Crippen molar-refractivity contribution in [3.8, 4) is 5.88 Å². The van der Waals surface area contributed by atoms with Gasteiger partial charge in [-0.1, -0.05) is 0 Å². The number of ether oxygens (including phenoxy) is 1. The predicted octanol–water partition coefficient (Wildman–Crippen LogP) is 1.42. The van der Waals surface area contributed by atoms with Crippen LogP contribution in [0.25, 0.3) is 6.08 Å². The Morgan fingerprint density at radius 3 is 3.54 bits per heavy atom. The van der Waals surface area contributed by atoms with E-state index in [9.17, 15) is 0 Å². The lowest BCUT2D eigenvalue weighted by atomic mass is 10.3. The molecule has 2 N–H and O–H groups in total. The molecule has 0 spiro atoms. The van der Waals surface area contributed by atoms with Gasteiger partial charge in [0.05, 0.1) is 10.6 Å². The van der Waals surface area contributed by atoms with Crippen molar-refractivity contribution < 1.29 is 4.74 Å². The summed E-state index contributed by atoms with van der Waals surface area (Å²) < 4.78 is 8.34. The molecule has 0 bridgehead atoms. The third kappa shape index (κ3) is 1.04. The molecule has 3 heterocycles. The number of hydrogen-bond donors (Lipinski definition) is 2. The Morgan fingerprint density at radius 2 is 2.54 bits per heavy atom. The summed E-state index contributed by atoms with van der Waals surface area (Å²) in [6.45, 7) is 0.521. The lowest BCUT2D eigenvalue weighted by molar-refractivity contribution is 0.359. The van der Waals surface area contributed by atoms with Gasteiger partial charge in [0.15, 0.2) is 6.73 Å². The Kier molecular flexibility index (Phi) is 1.40. The number of aromatic nitrogens is 1. The van der Waals surface area contributed by atoms with E-state index in [2.05, 4.69) is 15.0 Å². The van der Waals surface area contributed by atoms with Crippen molar-refractivity contribution in [3.05, 3.63) is 18.0 Å². The SMILES string of the molecule is C1=Cc2nc3c(cc2SN1)NCO3. The largest absolute Gasteiger partial charge is 0.455 e. The van der Waals surface area contributed by atoms with Crippen LogP contribution in [0.5, 0.6) is 5.88 Å². The summed E-state index contributed by atoms with van der Waals surface area (Å²) in [5.41, 5.74) is 1.94. The van der Waals surface area contributed by atoms with E-state index in [0.717, 1.165) is 16.3 Å². The number of nitrogens with one attached hydrogen (secondary N) is 2. The zero-order valence-electron chi connectivity index (χ0n) is 6.70. The normalized spacial score (nSPS) is 16.6. The zero-order chi connectivity index (χ0) is 8.67. The molecule has 0 aromatic carbocycles. The zero-order valence-corrected chi connectivity index (χ0v) is 7.52. The standard InChI is InChI=1S/C8H7N3OS/c1-2-10-13-7-3-6-8(11-5(1)7)12-4-9-6/h1-3,9-10H,4H2. The van der Waals surface area contributed by atoms with Gasteiger partial charge in [-0.3, -0.25) is 0 Å². The van der Waals surface area contributed by atoms with Crippen LogP contribution in [0.2, 0.25) is 0 Å². The van der Waals surface area contributed by atoms with Gasteiger partial charge in [0.1, 0.15) is 5.69 Å². The Morgan fingerprint density at radius 1 is 1.54 bits per heavy atom. The fourth-order valence-electron chi connectivity index (χ4n) is 1.32. The fraction of sp³-hybridized carbons (Fsp3) is 0.125. The van der Waals surface area contributed by atoms with Gasteiger partial charge >= 0.3 is 0 Å². The summed E-state index contributed by atoms with van der Waals surface area (Å²) in [4.78, 5) is 5.49. The average Bonchev–Trinajstić information content (AvgIpc) is 2.61.